The molecule has 28 heavy (non-hydrogen) atoms. The summed E-state index contributed by atoms with van der Waals surface area (Å²) >= 11 is 0. The Morgan fingerprint density at radius 2 is 1.75 bits per heavy atom. The highest BCUT2D eigenvalue weighted by Crippen LogP contribution is 2.19. The quantitative estimate of drug-likeness (QED) is 0.429. The van der Waals surface area contributed by atoms with Crippen LogP contribution in [0.4, 0.5) is 0 Å². The van der Waals surface area contributed by atoms with Crippen LogP contribution >= 0.6 is 0 Å². The Labute approximate surface area is 160 Å². The largest absolute Gasteiger partial charge is 0.479 e. The van der Waals surface area contributed by atoms with Crippen molar-refractivity contribution in [3.05, 3.63) is 72.1 Å². The van der Waals surface area contributed by atoms with Crippen molar-refractivity contribution >= 4 is 11.9 Å². The Morgan fingerprint density at radius 3 is 2.36 bits per heavy atom. The van der Waals surface area contributed by atoms with E-state index < -0.39 is 18.0 Å². The van der Waals surface area contributed by atoms with Gasteiger partial charge in [0, 0.05) is 6.54 Å². The number of carboxylic acid groups (broad SMARTS) is 1. The predicted octanol–water partition coefficient (Wildman–Crippen LogP) is 1.06. The van der Waals surface area contributed by atoms with Gasteiger partial charge in [0.05, 0.1) is 12.7 Å². The summed E-state index contributed by atoms with van der Waals surface area (Å²) in [6.45, 7) is -0.0875. The van der Waals surface area contributed by atoms with Crippen molar-refractivity contribution in [1.29, 1.82) is 0 Å². The molecule has 0 radical (unpaired) electrons. The van der Waals surface area contributed by atoms with Crippen molar-refractivity contribution in [2.45, 2.75) is 12.6 Å². The summed E-state index contributed by atoms with van der Waals surface area (Å²) < 4.78 is 0. The number of hydrogen-bond acceptors (Lipinski definition) is 6. The number of hydrogen-bond donors (Lipinski definition) is 4. The lowest BCUT2D eigenvalue weighted by Gasteiger charge is -2.24. The molecule has 1 unspecified atom stereocenters. The van der Waals surface area contributed by atoms with Crippen molar-refractivity contribution in [3.8, 4) is 11.1 Å². The molecule has 0 saturated heterocycles. The number of amides is 1. The average molecular weight is 381 g/mol. The lowest BCUT2D eigenvalue weighted by molar-refractivity contribution is -0.148. The number of aromatic nitrogens is 3. The molecule has 0 aliphatic heterocycles. The molecule has 3 aromatic rings. The van der Waals surface area contributed by atoms with Gasteiger partial charge in [-0.1, -0.05) is 59.8 Å². The maximum Gasteiger partial charge on any atom is 0.333 e. The molecule has 4 N–H and O–H groups in total. The molecule has 1 aromatic heterocycles. The number of aliphatic carboxylic acids is 1. The SMILES string of the molecule is O=C(NN(Cc1ccc(-c2ccccc2)cc1)CC(O)C(=O)O)c1cnn[nH]1. The Morgan fingerprint density at radius 1 is 1.07 bits per heavy atom. The third kappa shape index (κ3) is 5.00. The topological polar surface area (TPSA) is 131 Å². The van der Waals surface area contributed by atoms with E-state index in [1.807, 2.05) is 54.6 Å². The zero-order valence-corrected chi connectivity index (χ0v) is 14.8. The molecule has 1 heterocycles. The van der Waals surface area contributed by atoms with Crippen LogP contribution in [0.5, 0.6) is 0 Å². The zero-order valence-electron chi connectivity index (χ0n) is 14.8. The number of hydrazine groups is 1. The molecule has 0 saturated carbocycles. The molecule has 3 rings (SSSR count). The molecule has 9 heteroatoms. The fourth-order valence-electron chi connectivity index (χ4n) is 2.60. The number of carboxylic acids is 1. The first-order valence-electron chi connectivity index (χ1n) is 8.50. The van der Waals surface area contributed by atoms with Crippen LogP contribution in [0.2, 0.25) is 0 Å². The molecule has 0 bridgehead atoms. The minimum Gasteiger partial charge on any atom is -0.479 e. The lowest BCUT2D eigenvalue weighted by atomic mass is 10.0. The maximum absolute atomic E-state index is 12.2. The Bertz CT molecular complexity index is 913. The molecule has 0 aliphatic carbocycles. The number of H-pyrrole nitrogens is 1. The van der Waals surface area contributed by atoms with Crippen LogP contribution in [-0.4, -0.2) is 55.2 Å². The van der Waals surface area contributed by atoms with Crippen molar-refractivity contribution in [3.63, 3.8) is 0 Å². The number of aliphatic hydroxyl groups excluding tert-OH is 1. The van der Waals surface area contributed by atoms with E-state index in [4.69, 9.17) is 5.11 Å². The molecule has 1 atom stereocenters. The molecule has 0 aliphatic rings. The summed E-state index contributed by atoms with van der Waals surface area (Å²) in [5.74, 6) is -1.91. The molecule has 144 valence electrons. The standard InChI is InChI=1S/C19H19N5O4/c25-17(19(27)28)12-24(22-18(26)16-10-20-23-21-16)11-13-6-8-15(9-7-13)14-4-2-1-3-5-14/h1-10,17,25H,11-12H2,(H,22,26)(H,27,28)(H,20,21,23). The Kier molecular flexibility index (Phi) is 6.10. The third-order valence-electron chi connectivity index (χ3n) is 4.03. The first-order valence-corrected chi connectivity index (χ1v) is 8.50. The summed E-state index contributed by atoms with van der Waals surface area (Å²) in [7, 11) is 0. The second kappa shape index (κ2) is 8.89. The van der Waals surface area contributed by atoms with Gasteiger partial charge in [0.1, 0.15) is 5.69 Å². The van der Waals surface area contributed by atoms with E-state index in [1.165, 1.54) is 11.2 Å². The van der Waals surface area contributed by atoms with E-state index in [-0.39, 0.29) is 18.8 Å². The second-order valence-corrected chi connectivity index (χ2v) is 6.11. The smallest absolute Gasteiger partial charge is 0.333 e. The number of carbonyl (C=O) groups is 2. The number of rotatable bonds is 8. The monoisotopic (exact) mass is 381 g/mol. The first-order chi connectivity index (χ1) is 13.5. The molecule has 9 nitrogen and oxygen atoms in total. The minimum absolute atomic E-state index is 0.120. The van der Waals surface area contributed by atoms with E-state index in [1.54, 1.807) is 0 Å². The van der Waals surface area contributed by atoms with E-state index in [2.05, 4.69) is 20.8 Å². The van der Waals surface area contributed by atoms with Crippen LogP contribution in [-0.2, 0) is 11.3 Å². The van der Waals surface area contributed by atoms with Gasteiger partial charge in [-0.2, -0.15) is 0 Å². The molecule has 0 spiro atoms. The molecule has 0 fully saturated rings. The number of aliphatic hydroxyl groups is 1. The number of benzene rings is 2. The van der Waals surface area contributed by atoms with Gasteiger partial charge in [-0.3, -0.25) is 15.3 Å². The Hall–Kier alpha value is -3.56. The summed E-state index contributed by atoms with van der Waals surface area (Å²) in [5.41, 5.74) is 5.63. The summed E-state index contributed by atoms with van der Waals surface area (Å²) in [6, 6.07) is 17.5. The lowest BCUT2D eigenvalue weighted by Crippen LogP contribution is -2.47. The maximum atomic E-state index is 12.2. The Balaban J connectivity index is 1.72. The fraction of sp³-hybridized carbons (Fsp3) is 0.158. The van der Waals surface area contributed by atoms with E-state index in [0.717, 1.165) is 16.7 Å². The van der Waals surface area contributed by atoms with E-state index >= 15 is 0 Å². The van der Waals surface area contributed by atoms with Crippen LogP contribution in [0.3, 0.4) is 0 Å². The fourth-order valence-corrected chi connectivity index (χ4v) is 2.60. The van der Waals surface area contributed by atoms with Gasteiger partial charge in [0.2, 0.25) is 0 Å². The molecule has 2 aromatic carbocycles. The van der Waals surface area contributed by atoms with Gasteiger partial charge in [0.15, 0.2) is 6.10 Å². The molecular weight excluding hydrogens is 362 g/mol. The van der Waals surface area contributed by atoms with Crippen LogP contribution in [0, 0.1) is 0 Å². The highest BCUT2D eigenvalue weighted by molar-refractivity contribution is 5.91. The third-order valence-corrected chi connectivity index (χ3v) is 4.03. The predicted molar refractivity (Wildman–Crippen MR) is 99.8 cm³/mol. The number of aromatic amines is 1. The van der Waals surface area contributed by atoms with Crippen molar-refractivity contribution in [1.82, 2.24) is 25.8 Å². The molecular formula is C19H19N5O4. The average Bonchev–Trinajstić information content (AvgIpc) is 3.24. The van der Waals surface area contributed by atoms with Crippen LogP contribution in [0.15, 0.2) is 60.8 Å². The number of carbonyl (C=O) groups excluding carboxylic acids is 1. The van der Waals surface area contributed by atoms with Gasteiger partial charge in [0.25, 0.3) is 5.91 Å². The normalized spacial score (nSPS) is 11.9. The molecule has 1 amide bonds. The first kappa shape index (κ1) is 19.2. The second-order valence-electron chi connectivity index (χ2n) is 6.11. The van der Waals surface area contributed by atoms with Crippen molar-refractivity contribution < 1.29 is 19.8 Å². The highest BCUT2D eigenvalue weighted by Gasteiger charge is 2.21. The number of nitrogens with one attached hydrogen (secondary N) is 2. The van der Waals surface area contributed by atoms with Gasteiger partial charge in [-0.05, 0) is 16.7 Å². The zero-order chi connectivity index (χ0) is 19.9. The summed E-state index contributed by atoms with van der Waals surface area (Å²) in [5, 5.41) is 29.4. The van der Waals surface area contributed by atoms with E-state index in [0.29, 0.717) is 0 Å². The van der Waals surface area contributed by atoms with Crippen LogP contribution in [0.25, 0.3) is 11.1 Å². The van der Waals surface area contributed by atoms with Gasteiger partial charge < -0.3 is 10.2 Å². The van der Waals surface area contributed by atoms with Crippen molar-refractivity contribution in [2.24, 2.45) is 0 Å². The summed E-state index contributed by atoms with van der Waals surface area (Å²) in [4.78, 5) is 23.2. The van der Waals surface area contributed by atoms with Crippen molar-refractivity contribution in [2.75, 3.05) is 6.54 Å². The van der Waals surface area contributed by atoms with Crippen LogP contribution in [0.1, 0.15) is 16.1 Å². The van der Waals surface area contributed by atoms with Gasteiger partial charge in [-0.15, -0.1) is 5.10 Å². The number of nitrogens with zero attached hydrogens (tertiary/aromatic N) is 3. The highest BCUT2D eigenvalue weighted by atomic mass is 16.4. The minimum atomic E-state index is -1.65. The summed E-state index contributed by atoms with van der Waals surface area (Å²) in [6.07, 6.45) is -0.403. The van der Waals surface area contributed by atoms with E-state index in [9.17, 15) is 14.7 Å². The van der Waals surface area contributed by atoms with Gasteiger partial charge >= 0.3 is 5.97 Å². The van der Waals surface area contributed by atoms with Crippen LogP contribution < -0.4 is 5.43 Å². The van der Waals surface area contributed by atoms with Gasteiger partial charge in [-0.25, -0.2) is 9.80 Å².